The Labute approximate surface area is 176 Å². The molecule has 0 atom stereocenters. The van der Waals surface area contributed by atoms with Crippen molar-refractivity contribution in [3.63, 3.8) is 0 Å². The van der Waals surface area contributed by atoms with E-state index >= 15 is 0 Å². The smallest absolute Gasteiger partial charge is 0.319 e. The topological polar surface area (TPSA) is 117 Å². The van der Waals surface area contributed by atoms with Gasteiger partial charge in [-0.1, -0.05) is 0 Å². The lowest BCUT2D eigenvalue weighted by atomic mass is 10.1. The number of amides is 2. The van der Waals surface area contributed by atoms with Crippen molar-refractivity contribution < 1.29 is 4.79 Å². The van der Waals surface area contributed by atoms with Gasteiger partial charge in [-0.15, -0.1) is 0 Å². The summed E-state index contributed by atoms with van der Waals surface area (Å²) in [6, 6.07) is 7.03. The van der Waals surface area contributed by atoms with Crippen molar-refractivity contribution in [1.82, 2.24) is 20.6 Å². The Morgan fingerprint density at radius 3 is 2.38 bits per heavy atom. The van der Waals surface area contributed by atoms with Crippen molar-refractivity contribution in [1.29, 1.82) is 0 Å². The largest absolute Gasteiger partial charge is 0.382 e. The Morgan fingerprint density at radius 1 is 1.17 bits per heavy atom. The molecule has 1 aliphatic carbocycles. The predicted octanol–water partition coefficient (Wildman–Crippen LogP) is 3.34. The fourth-order valence-electron chi connectivity index (χ4n) is 2.64. The second-order valence-corrected chi connectivity index (χ2v) is 8.52. The highest BCUT2D eigenvalue weighted by atomic mass is 32.1. The lowest BCUT2D eigenvalue weighted by Crippen LogP contribution is -2.43. The summed E-state index contributed by atoms with van der Waals surface area (Å²) in [5, 5.41) is 12.3. The third kappa shape index (κ3) is 6.56. The number of benzene rings is 1. The summed E-state index contributed by atoms with van der Waals surface area (Å²) >= 11 is 5.35. The summed E-state index contributed by atoms with van der Waals surface area (Å²) in [4.78, 5) is 20.7. The Balaban J connectivity index is 1.49. The Bertz CT molecular complexity index is 889. The van der Waals surface area contributed by atoms with Crippen molar-refractivity contribution in [2.45, 2.75) is 51.6 Å². The van der Waals surface area contributed by atoms with E-state index in [1.165, 1.54) is 0 Å². The van der Waals surface area contributed by atoms with Crippen LogP contribution in [0.2, 0.25) is 0 Å². The molecule has 0 aliphatic heterocycles. The highest BCUT2D eigenvalue weighted by molar-refractivity contribution is 7.80. The summed E-state index contributed by atoms with van der Waals surface area (Å²) in [6.07, 6.45) is 4.08. The molecule has 6 N–H and O–H groups in total. The summed E-state index contributed by atoms with van der Waals surface area (Å²) in [5.74, 6) is 0.929. The molecule has 1 saturated carbocycles. The van der Waals surface area contributed by atoms with Crippen LogP contribution in [-0.4, -0.2) is 26.7 Å². The van der Waals surface area contributed by atoms with Gasteiger partial charge in [0.1, 0.15) is 11.5 Å². The number of carbonyl (C=O) groups is 1. The van der Waals surface area contributed by atoms with Crippen molar-refractivity contribution in [3.8, 4) is 0 Å². The van der Waals surface area contributed by atoms with Crippen LogP contribution in [0, 0.1) is 0 Å². The zero-order chi connectivity index (χ0) is 21.0. The molecular weight excluding hydrogens is 386 g/mol. The van der Waals surface area contributed by atoms with E-state index in [-0.39, 0.29) is 11.6 Å². The first kappa shape index (κ1) is 20.8. The van der Waals surface area contributed by atoms with E-state index in [4.69, 9.17) is 18.0 Å². The first-order chi connectivity index (χ1) is 13.7. The Kier molecular flexibility index (Phi) is 6.17. The van der Waals surface area contributed by atoms with E-state index in [9.17, 15) is 4.79 Å². The molecule has 9 heteroatoms. The number of thiocarbonyl (C=S) groups is 1. The zero-order valence-electron chi connectivity index (χ0n) is 16.9. The fourth-order valence-corrected chi connectivity index (χ4v) is 2.83. The molecule has 0 unspecified atom stereocenters. The molecule has 0 spiro atoms. The number of hydrogen-bond donors (Lipinski definition) is 5. The number of nitrogens with zero attached hydrogens (tertiary/aromatic N) is 2. The molecule has 2 aromatic rings. The summed E-state index contributed by atoms with van der Waals surface area (Å²) < 4.78 is 0. The number of anilines is 3. The molecule has 0 saturated heterocycles. The van der Waals surface area contributed by atoms with Gasteiger partial charge in [0.05, 0.1) is 18.4 Å². The minimum Gasteiger partial charge on any atom is -0.382 e. The second kappa shape index (κ2) is 8.60. The molecular formula is C20H27N7OS. The van der Waals surface area contributed by atoms with Crippen molar-refractivity contribution >= 4 is 40.6 Å². The first-order valence-corrected chi connectivity index (χ1v) is 9.96. The monoisotopic (exact) mass is 413 g/mol. The molecule has 8 nitrogen and oxygen atoms in total. The van der Waals surface area contributed by atoms with E-state index in [0.29, 0.717) is 34.8 Å². The van der Waals surface area contributed by atoms with Crippen LogP contribution >= 0.6 is 12.2 Å². The maximum absolute atomic E-state index is 11.9. The van der Waals surface area contributed by atoms with Crippen LogP contribution < -0.4 is 27.0 Å². The molecule has 1 fully saturated rings. The molecule has 1 heterocycles. The van der Waals surface area contributed by atoms with Crippen LogP contribution in [-0.2, 0) is 6.54 Å². The molecule has 1 aliphatic rings. The van der Waals surface area contributed by atoms with Crippen molar-refractivity contribution in [3.05, 3.63) is 41.9 Å². The van der Waals surface area contributed by atoms with Gasteiger partial charge in [-0.05, 0) is 70.1 Å². The minimum atomic E-state index is -0.296. The van der Waals surface area contributed by atoms with Gasteiger partial charge in [-0.25, -0.2) is 9.78 Å². The fraction of sp³-hybridized carbons (Fsp3) is 0.400. The quantitative estimate of drug-likeness (QED) is 0.477. The maximum atomic E-state index is 11.9. The molecule has 1 aromatic heterocycles. The summed E-state index contributed by atoms with van der Waals surface area (Å²) in [5.41, 5.74) is 8.81. The average molecular weight is 414 g/mol. The third-order valence-electron chi connectivity index (χ3n) is 4.20. The van der Waals surface area contributed by atoms with Gasteiger partial charge in [0, 0.05) is 22.8 Å². The van der Waals surface area contributed by atoms with Crippen LogP contribution in [0.15, 0.2) is 30.5 Å². The number of hydrogen-bond acceptors (Lipinski definition) is 5. The van der Waals surface area contributed by atoms with Crippen LogP contribution in [0.25, 0.3) is 0 Å². The molecule has 3 rings (SSSR count). The van der Waals surface area contributed by atoms with E-state index < -0.39 is 0 Å². The van der Waals surface area contributed by atoms with Gasteiger partial charge in [-0.3, -0.25) is 4.98 Å². The number of nitrogens with two attached hydrogens (primary N) is 1. The number of aromatic nitrogens is 2. The van der Waals surface area contributed by atoms with Crippen molar-refractivity contribution in [2.75, 3.05) is 16.4 Å². The second-order valence-electron chi connectivity index (χ2n) is 8.12. The van der Waals surface area contributed by atoms with Crippen molar-refractivity contribution in [2.24, 2.45) is 0 Å². The van der Waals surface area contributed by atoms with Crippen LogP contribution in [0.4, 0.5) is 22.0 Å². The molecule has 154 valence electrons. The highest BCUT2D eigenvalue weighted by Crippen LogP contribution is 2.38. The predicted molar refractivity (Wildman–Crippen MR) is 120 cm³/mol. The SMILES string of the molecule is CC(C)(C)NC(=O)Nc1ccc(NC(=S)NCc2nc(C3CC3)cnc2N)cc1. The van der Waals surface area contributed by atoms with Crippen LogP contribution in [0.1, 0.15) is 50.9 Å². The van der Waals surface area contributed by atoms with Gasteiger partial charge < -0.3 is 27.0 Å². The number of carbonyl (C=O) groups excluding carboxylic acids is 1. The Morgan fingerprint density at radius 2 is 1.79 bits per heavy atom. The molecule has 0 bridgehead atoms. The number of urea groups is 1. The number of nitrogen functional groups attached to an aromatic ring is 1. The minimum absolute atomic E-state index is 0.248. The Hall–Kier alpha value is -2.94. The van der Waals surface area contributed by atoms with E-state index in [1.54, 1.807) is 18.3 Å². The third-order valence-corrected chi connectivity index (χ3v) is 4.44. The van der Waals surface area contributed by atoms with Gasteiger partial charge >= 0.3 is 6.03 Å². The van der Waals surface area contributed by atoms with E-state index in [1.807, 2.05) is 32.9 Å². The normalized spacial score (nSPS) is 13.5. The van der Waals surface area contributed by atoms with Gasteiger partial charge in [0.15, 0.2) is 5.11 Å². The van der Waals surface area contributed by atoms with Gasteiger partial charge in [-0.2, -0.15) is 0 Å². The zero-order valence-corrected chi connectivity index (χ0v) is 17.7. The highest BCUT2D eigenvalue weighted by Gasteiger charge is 2.26. The maximum Gasteiger partial charge on any atom is 0.319 e. The van der Waals surface area contributed by atoms with E-state index in [0.717, 1.165) is 24.2 Å². The summed E-state index contributed by atoms with van der Waals surface area (Å²) in [7, 11) is 0. The lowest BCUT2D eigenvalue weighted by molar-refractivity contribution is 0.244. The number of nitrogens with one attached hydrogen (secondary N) is 4. The molecule has 2 amide bonds. The van der Waals surface area contributed by atoms with Crippen LogP contribution in [0.3, 0.4) is 0 Å². The molecule has 29 heavy (non-hydrogen) atoms. The van der Waals surface area contributed by atoms with E-state index in [2.05, 4.69) is 31.2 Å². The first-order valence-electron chi connectivity index (χ1n) is 9.55. The summed E-state index contributed by atoms with van der Waals surface area (Å²) in [6.45, 7) is 6.18. The lowest BCUT2D eigenvalue weighted by Gasteiger charge is -2.20. The molecule has 1 aromatic carbocycles. The van der Waals surface area contributed by atoms with Gasteiger partial charge in [0.2, 0.25) is 0 Å². The van der Waals surface area contributed by atoms with Gasteiger partial charge in [0.25, 0.3) is 0 Å². The standard InChI is InChI=1S/C20H27N7OS/c1-20(2,3)27-18(28)24-13-6-8-14(9-7-13)25-19(29)23-11-16-17(21)22-10-15(26-16)12-4-5-12/h6-10,12H,4-5,11H2,1-3H3,(H2,21,22)(H2,23,25,29)(H2,24,27,28). The number of rotatable bonds is 5. The van der Waals surface area contributed by atoms with Crippen LogP contribution in [0.5, 0.6) is 0 Å². The average Bonchev–Trinajstić information content (AvgIpc) is 3.46. The molecule has 0 radical (unpaired) electrons.